The van der Waals surface area contributed by atoms with E-state index in [0.29, 0.717) is 17.4 Å². The minimum absolute atomic E-state index is 0.237. The van der Waals surface area contributed by atoms with E-state index in [2.05, 4.69) is 5.97 Å². The van der Waals surface area contributed by atoms with E-state index < -0.39 is 19.1 Å². The largest absolute Gasteiger partial charge is 0.342 e. The predicted molar refractivity (Wildman–Crippen MR) is 87.8 cm³/mol. The van der Waals surface area contributed by atoms with Gasteiger partial charge in [0.15, 0.2) is 0 Å². The highest BCUT2D eigenvalue weighted by molar-refractivity contribution is 6.69. The second-order valence-electron chi connectivity index (χ2n) is 5.80. The summed E-state index contributed by atoms with van der Waals surface area (Å²) in [5.74, 6) is 2.21. The standard InChI is InChI=1S/C15H19BClFN4/c1-10(20)22(8-11-2-4-12(17)5-3-11)15(21)14-6-13(18)7-16(14)9-19/h2-5,13-15,20H,6-8,21H2,1H3. The first-order chi connectivity index (χ1) is 10.4. The lowest BCUT2D eigenvalue weighted by molar-refractivity contribution is 0.265. The third kappa shape index (κ3) is 3.79. The van der Waals surface area contributed by atoms with Gasteiger partial charge in [-0.05, 0) is 43.2 Å². The number of rotatable bonds is 4. The molecule has 1 aliphatic rings. The summed E-state index contributed by atoms with van der Waals surface area (Å²) in [5.41, 5.74) is 7.24. The van der Waals surface area contributed by atoms with Gasteiger partial charge in [-0.1, -0.05) is 23.7 Å². The number of benzene rings is 1. The van der Waals surface area contributed by atoms with Crippen molar-refractivity contribution in [3.8, 4) is 5.97 Å². The smallest absolute Gasteiger partial charge is 0.277 e. The van der Waals surface area contributed by atoms with E-state index >= 15 is 0 Å². The third-order valence-electron chi connectivity index (χ3n) is 4.22. The predicted octanol–water partition coefficient (Wildman–Crippen LogP) is 3.09. The molecule has 1 fully saturated rings. The van der Waals surface area contributed by atoms with Gasteiger partial charge in [0.1, 0.15) is 0 Å². The summed E-state index contributed by atoms with van der Waals surface area (Å²) in [5, 5.41) is 17.8. The molecule has 116 valence electrons. The van der Waals surface area contributed by atoms with Gasteiger partial charge < -0.3 is 10.6 Å². The Kier molecular flexibility index (Phi) is 5.44. The molecule has 0 bridgehead atoms. The van der Waals surface area contributed by atoms with Gasteiger partial charge in [-0.3, -0.25) is 5.41 Å². The van der Waals surface area contributed by atoms with Gasteiger partial charge in [0.2, 0.25) is 0 Å². The van der Waals surface area contributed by atoms with E-state index in [0.717, 1.165) is 5.56 Å². The quantitative estimate of drug-likeness (QED) is 0.387. The minimum Gasteiger partial charge on any atom is -0.342 e. The van der Waals surface area contributed by atoms with E-state index in [-0.39, 0.29) is 18.6 Å². The molecule has 3 unspecified atom stereocenters. The van der Waals surface area contributed by atoms with Crippen LogP contribution in [0.3, 0.4) is 0 Å². The van der Waals surface area contributed by atoms with E-state index in [9.17, 15) is 9.65 Å². The van der Waals surface area contributed by atoms with E-state index in [1.807, 2.05) is 12.1 Å². The van der Waals surface area contributed by atoms with E-state index in [1.54, 1.807) is 24.0 Å². The second kappa shape index (κ2) is 7.12. The van der Waals surface area contributed by atoms with Crippen LogP contribution in [0.5, 0.6) is 0 Å². The van der Waals surface area contributed by atoms with Crippen LogP contribution in [0.2, 0.25) is 17.2 Å². The molecule has 1 aromatic carbocycles. The van der Waals surface area contributed by atoms with Crippen LogP contribution in [0.1, 0.15) is 18.9 Å². The van der Waals surface area contributed by atoms with Crippen molar-refractivity contribution in [1.29, 1.82) is 10.7 Å². The molecule has 1 aliphatic heterocycles. The zero-order chi connectivity index (χ0) is 16.3. The maximum Gasteiger partial charge on any atom is 0.277 e. The first-order valence-electron chi connectivity index (χ1n) is 7.28. The van der Waals surface area contributed by atoms with Crippen molar-refractivity contribution in [2.75, 3.05) is 0 Å². The van der Waals surface area contributed by atoms with Gasteiger partial charge in [0.25, 0.3) is 6.71 Å². The number of amidine groups is 1. The molecule has 1 aromatic rings. The zero-order valence-corrected chi connectivity index (χ0v) is 13.2. The average molecular weight is 321 g/mol. The molecule has 4 nitrogen and oxygen atoms in total. The lowest BCUT2D eigenvalue weighted by Crippen LogP contribution is -2.49. The van der Waals surface area contributed by atoms with Crippen LogP contribution in [-0.2, 0) is 6.54 Å². The van der Waals surface area contributed by atoms with Gasteiger partial charge in [0.05, 0.1) is 18.2 Å². The molecule has 0 aliphatic carbocycles. The topological polar surface area (TPSA) is 76.9 Å². The van der Waals surface area contributed by atoms with Crippen LogP contribution in [-0.4, -0.2) is 29.8 Å². The van der Waals surface area contributed by atoms with Crippen molar-refractivity contribution in [2.45, 2.75) is 44.4 Å². The molecule has 7 heteroatoms. The van der Waals surface area contributed by atoms with Crippen LogP contribution in [0.4, 0.5) is 4.39 Å². The molecule has 0 amide bonds. The maximum absolute atomic E-state index is 13.6. The second-order valence-corrected chi connectivity index (χ2v) is 6.23. The Morgan fingerprint density at radius 2 is 2.23 bits per heavy atom. The van der Waals surface area contributed by atoms with E-state index in [4.69, 9.17) is 22.7 Å². The number of hydrogen-bond acceptors (Lipinski definition) is 3. The molecule has 3 atom stereocenters. The number of nitriles is 1. The number of alkyl halides is 1. The highest BCUT2D eigenvalue weighted by Crippen LogP contribution is 2.36. The highest BCUT2D eigenvalue weighted by atomic mass is 35.5. The van der Waals surface area contributed by atoms with E-state index in [1.165, 1.54) is 0 Å². The van der Waals surface area contributed by atoms with Gasteiger partial charge >= 0.3 is 0 Å². The molecular weight excluding hydrogens is 301 g/mol. The van der Waals surface area contributed by atoms with Crippen molar-refractivity contribution in [2.24, 2.45) is 5.73 Å². The van der Waals surface area contributed by atoms with Gasteiger partial charge in [-0.15, -0.1) is 0 Å². The number of nitrogens with zero attached hydrogens (tertiary/aromatic N) is 2. The van der Waals surface area contributed by atoms with Crippen molar-refractivity contribution in [3.05, 3.63) is 34.9 Å². The molecule has 0 saturated carbocycles. The average Bonchev–Trinajstić information content (AvgIpc) is 2.86. The molecule has 3 N–H and O–H groups in total. The minimum atomic E-state index is -0.982. The summed E-state index contributed by atoms with van der Waals surface area (Å²) in [6.45, 7) is 1.70. The molecule has 2 rings (SSSR count). The SMILES string of the molecule is CC(=N)N(Cc1ccc(Cl)cc1)C(N)C1CC(F)CB1C#N. The monoisotopic (exact) mass is 320 g/mol. The van der Waals surface area contributed by atoms with Crippen LogP contribution in [0.15, 0.2) is 24.3 Å². The first kappa shape index (κ1) is 16.8. The fourth-order valence-electron chi connectivity index (χ4n) is 3.00. The molecule has 0 radical (unpaired) electrons. The van der Waals surface area contributed by atoms with Gasteiger partial charge in [0, 0.05) is 17.5 Å². The normalized spacial score (nSPS) is 22.2. The first-order valence-corrected chi connectivity index (χ1v) is 7.65. The summed E-state index contributed by atoms with van der Waals surface area (Å²) >= 11 is 5.87. The summed E-state index contributed by atoms with van der Waals surface area (Å²) in [6, 6.07) is 7.31. The van der Waals surface area contributed by atoms with Crippen molar-refractivity contribution < 1.29 is 4.39 Å². The fraction of sp³-hybridized carbons (Fsp3) is 0.467. The highest BCUT2D eigenvalue weighted by Gasteiger charge is 2.43. The molecule has 0 aromatic heterocycles. The molecular formula is C15H19BClFN4. The van der Waals surface area contributed by atoms with Crippen molar-refractivity contribution >= 4 is 24.1 Å². The lowest BCUT2D eigenvalue weighted by atomic mass is 9.43. The summed E-state index contributed by atoms with van der Waals surface area (Å²) in [6.07, 6.45) is -1.01. The van der Waals surface area contributed by atoms with Crippen molar-refractivity contribution in [3.63, 3.8) is 0 Å². The number of nitrogens with one attached hydrogen (secondary N) is 1. The number of hydrogen-bond donors (Lipinski definition) is 2. The molecule has 1 heterocycles. The molecule has 0 spiro atoms. The third-order valence-corrected chi connectivity index (χ3v) is 4.47. The Hall–Kier alpha value is -1.58. The summed E-state index contributed by atoms with van der Waals surface area (Å²) < 4.78 is 13.6. The van der Waals surface area contributed by atoms with Crippen LogP contribution >= 0.6 is 11.6 Å². The summed E-state index contributed by atoms with van der Waals surface area (Å²) in [7, 11) is 0. The summed E-state index contributed by atoms with van der Waals surface area (Å²) in [4.78, 5) is 1.72. The zero-order valence-electron chi connectivity index (χ0n) is 12.5. The van der Waals surface area contributed by atoms with Gasteiger partial charge in [-0.25, -0.2) is 9.65 Å². The molecule has 1 saturated heterocycles. The van der Waals surface area contributed by atoms with Crippen LogP contribution in [0.25, 0.3) is 0 Å². The van der Waals surface area contributed by atoms with Crippen LogP contribution in [0, 0.1) is 16.6 Å². The Morgan fingerprint density at radius 3 is 2.77 bits per heavy atom. The van der Waals surface area contributed by atoms with Crippen LogP contribution < -0.4 is 5.73 Å². The maximum atomic E-state index is 13.6. The number of nitrogens with two attached hydrogens (primary N) is 1. The fourth-order valence-corrected chi connectivity index (χ4v) is 3.12. The van der Waals surface area contributed by atoms with Crippen molar-refractivity contribution in [1.82, 2.24) is 4.90 Å². The van der Waals surface area contributed by atoms with Gasteiger partial charge in [-0.2, -0.15) is 0 Å². The Morgan fingerprint density at radius 1 is 1.59 bits per heavy atom. The Bertz CT molecular complexity index is 574. The number of halogens is 2. The molecule has 22 heavy (non-hydrogen) atoms. The Balaban J connectivity index is 2.15. The Labute approximate surface area is 135 Å². The lowest BCUT2D eigenvalue weighted by Gasteiger charge is -2.34.